The van der Waals surface area contributed by atoms with E-state index in [9.17, 15) is 0 Å². The highest BCUT2D eigenvalue weighted by atomic mass is 14.5. The first-order valence-electron chi connectivity index (χ1n) is 9.68. The number of nitrogen functional groups attached to an aromatic ring is 1. The maximum atomic E-state index is 5.80. The summed E-state index contributed by atoms with van der Waals surface area (Å²) in [5.74, 6) is 1.65. The minimum atomic E-state index is 0.746. The van der Waals surface area contributed by atoms with Gasteiger partial charge in [0.05, 0.1) is 0 Å². The van der Waals surface area contributed by atoms with Crippen molar-refractivity contribution >= 4 is 5.69 Å². The molecule has 0 aromatic heterocycles. The molecule has 0 saturated heterocycles. The molecule has 0 atom stereocenters. The van der Waals surface area contributed by atoms with Crippen LogP contribution in [-0.2, 0) is 12.8 Å². The molecule has 1 aliphatic rings. The highest BCUT2D eigenvalue weighted by Gasteiger charge is 2.22. The molecule has 24 heavy (non-hydrogen) atoms. The third-order valence-corrected chi connectivity index (χ3v) is 5.66. The summed E-state index contributed by atoms with van der Waals surface area (Å²) in [6, 6.07) is 17.8. The van der Waals surface area contributed by atoms with Crippen LogP contribution < -0.4 is 5.73 Å². The maximum absolute atomic E-state index is 5.80. The first kappa shape index (κ1) is 17.1. The summed E-state index contributed by atoms with van der Waals surface area (Å²) in [6.45, 7) is 2.24. The van der Waals surface area contributed by atoms with Crippen LogP contribution in [0, 0.1) is 5.92 Å². The molecule has 1 aliphatic carbocycles. The summed E-state index contributed by atoms with van der Waals surface area (Å²) in [4.78, 5) is 0. The van der Waals surface area contributed by atoms with E-state index in [-0.39, 0.29) is 0 Å². The third-order valence-electron chi connectivity index (χ3n) is 5.66. The lowest BCUT2D eigenvalue weighted by atomic mass is 9.77. The highest BCUT2D eigenvalue weighted by Crippen LogP contribution is 2.37. The number of benzene rings is 2. The summed E-state index contributed by atoms with van der Waals surface area (Å²) >= 11 is 0. The number of hydrogen-bond donors (Lipinski definition) is 1. The smallest absolute Gasteiger partial charge is 0.0314 e. The quantitative estimate of drug-likeness (QED) is 0.636. The molecule has 0 spiro atoms. The fraction of sp³-hybridized carbons (Fsp3) is 0.478. The number of hydrogen-bond acceptors (Lipinski definition) is 1. The van der Waals surface area contributed by atoms with Crippen molar-refractivity contribution in [3.8, 4) is 0 Å². The topological polar surface area (TPSA) is 26.0 Å². The number of aryl methyl sites for hydroxylation is 2. The Kier molecular flexibility index (Phi) is 5.96. The Morgan fingerprint density at radius 3 is 1.96 bits per heavy atom. The molecular weight excluding hydrogens is 290 g/mol. The normalized spacial score (nSPS) is 20.9. The fourth-order valence-corrected chi connectivity index (χ4v) is 4.08. The number of nitrogens with two attached hydrogens (primary N) is 1. The molecule has 2 N–H and O–H groups in total. The summed E-state index contributed by atoms with van der Waals surface area (Å²) in [7, 11) is 0. The fourth-order valence-electron chi connectivity index (χ4n) is 4.08. The second-order valence-electron chi connectivity index (χ2n) is 7.49. The third kappa shape index (κ3) is 4.63. The molecule has 0 heterocycles. The van der Waals surface area contributed by atoms with Gasteiger partial charge in [-0.3, -0.25) is 0 Å². The highest BCUT2D eigenvalue weighted by molar-refractivity contribution is 5.40. The number of anilines is 1. The SMILES string of the molecule is CCCc1ccc(CCC2CCC(c3ccc(N)cc3)CC2)cc1. The summed E-state index contributed by atoms with van der Waals surface area (Å²) in [6.07, 6.45) is 10.5. The molecule has 0 unspecified atom stereocenters. The van der Waals surface area contributed by atoms with Gasteiger partial charge in [0.25, 0.3) is 0 Å². The minimum Gasteiger partial charge on any atom is -0.399 e. The van der Waals surface area contributed by atoms with Crippen molar-refractivity contribution in [1.82, 2.24) is 0 Å². The van der Waals surface area contributed by atoms with Gasteiger partial charge in [-0.2, -0.15) is 0 Å². The van der Waals surface area contributed by atoms with Crippen LogP contribution in [0.25, 0.3) is 0 Å². The molecule has 0 amide bonds. The van der Waals surface area contributed by atoms with Crippen molar-refractivity contribution in [1.29, 1.82) is 0 Å². The van der Waals surface area contributed by atoms with Crippen LogP contribution in [0.4, 0.5) is 5.69 Å². The molecule has 0 radical (unpaired) electrons. The molecule has 2 aromatic rings. The molecule has 1 fully saturated rings. The molecular formula is C23H31N. The largest absolute Gasteiger partial charge is 0.399 e. The van der Waals surface area contributed by atoms with Crippen LogP contribution in [0.2, 0.25) is 0 Å². The Morgan fingerprint density at radius 1 is 0.792 bits per heavy atom. The van der Waals surface area contributed by atoms with Crippen molar-refractivity contribution < 1.29 is 0 Å². The lowest BCUT2D eigenvalue weighted by Gasteiger charge is -2.29. The Labute approximate surface area is 147 Å². The molecule has 1 saturated carbocycles. The van der Waals surface area contributed by atoms with Gasteiger partial charge < -0.3 is 5.73 Å². The van der Waals surface area contributed by atoms with Crippen LogP contribution in [0.3, 0.4) is 0 Å². The van der Waals surface area contributed by atoms with Gasteiger partial charge in [0.2, 0.25) is 0 Å². The van der Waals surface area contributed by atoms with Gasteiger partial charge >= 0.3 is 0 Å². The van der Waals surface area contributed by atoms with E-state index in [4.69, 9.17) is 5.73 Å². The van der Waals surface area contributed by atoms with E-state index in [1.165, 1.54) is 68.1 Å². The zero-order valence-electron chi connectivity index (χ0n) is 15.0. The van der Waals surface area contributed by atoms with Gasteiger partial charge in [-0.1, -0.05) is 49.7 Å². The lowest BCUT2D eigenvalue weighted by Crippen LogP contribution is -2.14. The summed E-state index contributed by atoms with van der Waals surface area (Å²) < 4.78 is 0. The Morgan fingerprint density at radius 2 is 1.38 bits per heavy atom. The Balaban J connectivity index is 1.44. The molecule has 1 nitrogen and oxygen atoms in total. The first-order chi connectivity index (χ1) is 11.7. The average Bonchev–Trinajstić information content (AvgIpc) is 2.63. The lowest BCUT2D eigenvalue weighted by molar-refractivity contribution is 0.310. The van der Waals surface area contributed by atoms with E-state index >= 15 is 0 Å². The van der Waals surface area contributed by atoms with Crippen molar-refractivity contribution in [3.05, 3.63) is 65.2 Å². The van der Waals surface area contributed by atoms with Crippen LogP contribution in [0.1, 0.15) is 68.1 Å². The second kappa shape index (κ2) is 8.37. The monoisotopic (exact) mass is 321 g/mol. The molecule has 1 heteroatoms. The van der Waals surface area contributed by atoms with Crippen LogP contribution >= 0.6 is 0 Å². The van der Waals surface area contributed by atoms with Crippen LogP contribution in [0.15, 0.2) is 48.5 Å². The van der Waals surface area contributed by atoms with Gasteiger partial charge in [-0.25, -0.2) is 0 Å². The van der Waals surface area contributed by atoms with E-state index in [0.717, 1.165) is 17.5 Å². The van der Waals surface area contributed by atoms with E-state index < -0.39 is 0 Å². The zero-order chi connectivity index (χ0) is 16.8. The number of rotatable bonds is 6. The second-order valence-corrected chi connectivity index (χ2v) is 7.49. The van der Waals surface area contributed by atoms with Gasteiger partial charge in [-0.05, 0) is 85.6 Å². The molecule has 2 aromatic carbocycles. The van der Waals surface area contributed by atoms with E-state index in [1.54, 1.807) is 0 Å². The predicted molar refractivity (Wildman–Crippen MR) is 104 cm³/mol. The molecule has 0 bridgehead atoms. The first-order valence-corrected chi connectivity index (χ1v) is 9.68. The summed E-state index contributed by atoms with van der Waals surface area (Å²) in [5.41, 5.74) is 11.1. The molecule has 0 aliphatic heterocycles. The van der Waals surface area contributed by atoms with E-state index in [2.05, 4.69) is 43.3 Å². The van der Waals surface area contributed by atoms with Gasteiger partial charge in [0.15, 0.2) is 0 Å². The predicted octanol–water partition coefficient (Wildman–Crippen LogP) is 6.13. The summed E-state index contributed by atoms with van der Waals surface area (Å²) in [5, 5.41) is 0. The van der Waals surface area contributed by atoms with Crippen LogP contribution in [0.5, 0.6) is 0 Å². The van der Waals surface area contributed by atoms with Crippen LogP contribution in [-0.4, -0.2) is 0 Å². The minimum absolute atomic E-state index is 0.746. The van der Waals surface area contributed by atoms with Gasteiger partial charge in [0, 0.05) is 5.69 Å². The van der Waals surface area contributed by atoms with Crippen molar-refractivity contribution in [2.24, 2.45) is 5.92 Å². The maximum Gasteiger partial charge on any atom is 0.0314 e. The average molecular weight is 322 g/mol. The van der Waals surface area contributed by atoms with Gasteiger partial charge in [-0.15, -0.1) is 0 Å². The molecule has 3 rings (SSSR count). The zero-order valence-corrected chi connectivity index (χ0v) is 15.0. The van der Waals surface area contributed by atoms with Crippen molar-refractivity contribution in [2.45, 2.75) is 64.2 Å². The standard InChI is InChI=1S/C23H31N/c1-2-3-18-4-6-19(7-5-18)8-9-20-10-12-21(13-11-20)22-14-16-23(24)17-15-22/h4-7,14-17,20-21H,2-3,8-13,24H2,1H3. The van der Waals surface area contributed by atoms with E-state index in [0.29, 0.717) is 0 Å². The Hall–Kier alpha value is -1.76. The van der Waals surface area contributed by atoms with Gasteiger partial charge in [0.1, 0.15) is 0 Å². The van der Waals surface area contributed by atoms with Crippen molar-refractivity contribution in [2.75, 3.05) is 5.73 Å². The Bertz CT molecular complexity index is 603. The molecule has 128 valence electrons. The van der Waals surface area contributed by atoms with Crippen molar-refractivity contribution in [3.63, 3.8) is 0 Å². The van der Waals surface area contributed by atoms with E-state index in [1.807, 2.05) is 12.1 Å².